The molecule has 0 unspecified atom stereocenters. The molecule has 0 aliphatic rings. The number of ether oxygens (including phenoxy) is 1. The van der Waals surface area contributed by atoms with Gasteiger partial charge in [-0.3, -0.25) is 0 Å². The summed E-state index contributed by atoms with van der Waals surface area (Å²) in [5, 5.41) is 0.790. The molecule has 0 amide bonds. The van der Waals surface area contributed by atoms with E-state index in [0.717, 1.165) is 33.2 Å². The molecule has 0 atom stereocenters. The maximum atomic E-state index is 12.6. The lowest BCUT2D eigenvalue weighted by Crippen LogP contribution is -2.11. The van der Waals surface area contributed by atoms with Crippen molar-refractivity contribution in [3.63, 3.8) is 0 Å². The maximum Gasteiger partial charge on any atom is 0.339 e. The Bertz CT molecular complexity index is 1050. The first-order chi connectivity index (χ1) is 12.3. The molecule has 3 rings (SSSR count). The van der Waals surface area contributed by atoms with Crippen molar-refractivity contribution < 1.29 is 13.9 Å². The summed E-state index contributed by atoms with van der Waals surface area (Å²) >= 11 is 0. The molecule has 26 heavy (non-hydrogen) atoms. The summed E-state index contributed by atoms with van der Waals surface area (Å²) < 4.78 is 10.9. The molecule has 2 aromatic carbocycles. The van der Waals surface area contributed by atoms with E-state index in [1.807, 2.05) is 58.9 Å². The second-order valence-corrected chi connectivity index (χ2v) is 6.82. The summed E-state index contributed by atoms with van der Waals surface area (Å²) in [6, 6.07) is 9.17. The molecule has 0 spiro atoms. The lowest BCUT2D eigenvalue weighted by Gasteiger charge is -2.12. The Labute approximate surface area is 152 Å². The number of fused-ring (bicyclic) bond motifs is 1. The first-order valence-corrected chi connectivity index (χ1v) is 8.56. The van der Waals surface area contributed by atoms with E-state index in [9.17, 15) is 9.59 Å². The molecule has 0 aliphatic carbocycles. The molecule has 0 saturated carbocycles. The van der Waals surface area contributed by atoms with Gasteiger partial charge in [0.1, 0.15) is 12.2 Å². The van der Waals surface area contributed by atoms with Crippen LogP contribution >= 0.6 is 0 Å². The standard InChI is InChI=1S/C22H22O4/c1-12-8-14(3)20(15(4)9-12)22(24)25-11-17-10-19(23)26-21-16(5)13(2)6-7-18(17)21/h6-10H,11H2,1-5H3. The van der Waals surface area contributed by atoms with Gasteiger partial charge in [-0.05, 0) is 56.9 Å². The topological polar surface area (TPSA) is 56.5 Å². The second kappa shape index (κ2) is 6.79. The molecule has 0 radical (unpaired) electrons. The minimum Gasteiger partial charge on any atom is -0.457 e. The van der Waals surface area contributed by atoms with Crippen LogP contribution in [-0.2, 0) is 11.3 Å². The van der Waals surface area contributed by atoms with Crippen molar-refractivity contribution in [2.24, 2.45) is 0 Å². The summed E-state index contributed by atoms with van der Waals surface area (Å²) in [4.78, 5) is 24.5. The minimum atomic E-state index is -0.444. The highest BCUT2D eigenvalue weighted by Crippen LogP contribution is 2.24. The SMILES string of the molecule is Cc1cc(C)c(C(=O)OCc2cc(=O)oc3c(C)c(C)ccc23)c(C)c1. The van der Waals surface area contributed by atoms with Crippen LogP contribution < -0.4 is 5.63 Å². The summed E-state index contributed by atoms with van der Waals surface area (Å²) in [5.41, 5.74) is 6.16. The third kappa shape index (κ3) is 3.27. The highest BCUT2D eigenvalue weighted by atomic mass is 16.5. The van der Waals surface area contributed by atoms with Crippen LogP contribution in [0, 0.1) is 34.6 Å². The minimum absolute atomic E-state index is 0.0240. The van der Waals surface area contributed by atoms with E-state index < -0.39 is 5.63 Å². The van der Waals surface area contributed by atoms with E-state index in [4.69, 9.17) is 9.15 Å². The first-order valence-electron chi connectivity index (χ1n) is 8.56. The van der Waals surface area contributed by atoms with E-state index in [0.29, 0.717) is 16.7 Å². The quantitative estimate of drug-likeness (QED) is 0.508. The molecule has 0 fully saturated rings. The average molecular weight is 350 g/mol. The van der Waals surface area contributed by atoms with Crippen LogP contribution in [0.4, 0.5) is 0 Å². The van der Waals surface area contributed by atoms with E-state index in [2.05, 4.69) is 0 Å². The van der Waals surface area contributed by atoms with Crippen LogP contribution in [0.25, 0.3) is 11.0 Å². The molecule has 3 aromatic rings. The Kier molecular flexibility index (Phi) is 4.68. The molecule has 0 bridgehead atoms. The van der Waals surface area contributed by atoms with E-state index in [1.165, 1.54) is 6.07 Å². The van der Waals surface area contributed by atoms with Crippen molar-refractivity contribution in [3.8, 4) is 0 Å². The van der Waals surface area contributed by atoms with E-state index in [1.54, 1.807) is 0 Å². The number of benzene rings is 2. The van der Waals surface area contributed by atoms with Gasteiger partial charge in [0.05, 0.1) is 5.56 Å². The number of aryl methyl sites for hydroxylation is 5. The van der Waals surface area contributed by atoms with Crippen LogP contribution in [0.3, 0.4) is 0 Å². The summed E-state index contributed by atoms with van der Waals surface area (Å²) in [6.45, 7) is 9.69. The molecular weight excluding hydrogens is 328 g/mol. The molecule has 4 nitrogen and oxygen atoms in total. The highest BCUT2D eigenvalue weighted by molar-refractivity contribution is 5.93. The summed E-state index contributed by atoms with van der Waals surface area (Å²) in [6.07, 6.45) is 0. The molecule has 0 N–H and O–H groups in total. The molecule has 134 valence electrons. The summed E-state index contributed by atoms with van der Waals surface area (Å²) in [7, 11) is 0. The highest BCUT2D eigenvalue weighted by Gasteiger charge is 2.16. The molecule has 1 heterocycles. The van der Waals surface area contributed by atoms with Gasteiger partial charge < -0.3 is 9.15 Å². The van der Waals surface area contributed by atoms with E-state index in [-0.39, 0.29) is 12.6 Å². The fourth-order valence-electron chi connectivity index (χ4n) is 3.36. The zero-order valence-corrected chi connectivity index (χ0v) is 15.7. The smallest absolute Gasteiger partial charge is 0.339 e. The van der Waals surface area contributed by atoms with Crippen molar-refractivity contribution >= 4 is 16.9 Å². The van der Waals surface area contributed by atoms with Gasteiger partial charge in [0.25, 0.3) is 0 Å². The van der Waals surface area contributed by atoms with Gasteiger partial charge in [0, 0.05) is 17.0 Å². The fraction of sp³-hybridized carbons (Fsp3) is 0.273. The monoisotopic (exact) mass is 350 g/mol. The Morgan fingerprint density at radius 2 is 1.62 bits per heavy atom. The predicted molar refractivity (Wildman–Crippen MR) is 102 cm³/mol. The third-order valence-corrected chi connectivity index (χ3v) is 4.76. The predicted octanol–water partition coefficient (Wildman–Crippen LogP) is 4.69. The Morgan fingerprint density at radius 1 is 0.962 bits per heavy atom. The third-order valence-electron chi connectivity index (χ3n) is 4.76. The van der Waals surface area contributed by atoms with E-state index >= 15 is 0 Å². The van der Waals surface area contributed by atoms with Crippen molar-refractivity contribution in [2.45, 2.75) is 41.2 Å². The normalized spacial score (nSPS) is 11.0. The van der Waals surface area contributed by atoms with Crippen LogP contribution in [0.1, 0.15) is 43.7 Å². The Balaban J connectivity index is 1.95. The largest absolute Gasteiger partial charge is 0.457 e. The lowest BCUT2D eigenvalue weighted by molar-refractivity contribution is 0.0472. The molecule has 1 aromatic heterocycles. The zero-order chi connectivity index (χ0) is 19.0. The average Bonchev–Trinajstić information content (AvgIpc) is 2.55. The van der Waals surface area contributed by atoms with Gasteiger partial charge in [-0.15, -0.1) is 0 Å². The Morgan fingerprint density at radius 3 is 2.27 bits per heavy atom. The number of hydrogen-bond donors (Lipinski definition) is 0. The molecular formula is C22H22O4. The van der Waals surface area contributed by atoms with Gasteiger partial charge in [-0.2, -0.15) is 0 Å². The Hall–Kier alpha value is -2.88. The van der Waals surface area contributed by atoms with Gasteiger partial charge in [-0.25, -0.2) is 9.59 Å². The fourth-order valence-corrected chi connectivity index (χ4v) is 3.36. The van der Waals surface area contributed by atoms with Crippen LogP contribution in [-0.4, -0.2) is 5.97 Å². The van der Waals surface area contributed by atoms with Gasteiger partial charge >= 0.3 is 11.6 Å². The lowest BCUT2D eigenvalue weighted by atomic mass is 10.00. The van der Waals surface area contributed by atoms with Gasteiger partial charge in [0.2, 0.25) is 0 Å². The zero-order valence-electron chi connectivity index (χ0n) is 15.7. The summed E-state index contributed by atoms with van der Waals surface area (Å²) in [5.74, 6) is -0.384. The second-order valence-electron chi connectivity index (χ2n) is 6.82. The molecule has 0 saturated heterocycles. The van der Waals surface area contributed by atoms with Gasteiger partial charge in [-0.1, -0.05) is 29.8 Å². The number of carbonyl (C=O) groups is 1. The number of carbonyl (C=O) groups excluding carboxylic acids is 1. The number of hydrogen-bond acceptors (Lipinski definition) is 4. The van der Waals surface area contributed by atoms with Crippen molar-refractivity contribution in [3.05, 3.63) is 79.7 Å². The van der Waals surface area contributed by atoms with Crippen molar-refractivity contribution in [1.82, 2.24) is 0 Å². The van der Waals surface area contributed by atoms with Gasteiger partial charge in [0.15, 0.2) is 0 Å². The van der Waals surface area contributed by atoms with Crippen LogP contribution in [0.5, 0.6) is 0 Å². The number of esters is 1. The first kappa shape index (κ1) is 17.9. The van der Waals surface area contributed by atoms with Crippen molar-refractivity contribution in [2.75, 3.05) is 0 Å². The van der Waals surface area contributed by atoms with Crippen LogP contribution in [0.15, 0.2) is 39.5 Å². The molecule has 4 heteroatoms. The number of rotatable bonds is 3. The maximum absolute atomic E-state index is 12.6. The molecule has 0 aliphatic heterocycles. The van der Waals surface area contributed by atoms with Crippen LogP contribution in [0.2, 0.25) is 0 Å². The van der Waals surface area contributed by atoms with Crippen molar-refractivity contribution in [1.29, 1.82) is 0 Å².